The number of fused-ring (bicyclic) bond motifs is 2. The Morgan fingerprint density at radius 1 is 1.19 bits per heavy atom. The van der Waals surface area contributed by atoms with Crippen LogP contribution in [0, 0.1) is 0 Å². The van der Waals surface area contributed by atoms with Gasteiger partial charge in [0.2, 0.25) is 11.8 Å². The predicted molar refractivity (Wildman–Crippen MR) is 92.5 cm³/mol. The molecule has 0 aliphatic carbocycles. The van der Waals surface area contributed by atoms with Gasteiger partial charge in [-0.15, -0.1) is 0 Å². The normalized spacial score (nSPS) is 30.2. The van der Waals surface area contributed by atoms with E-state index in [4.69, 9.17) is 10.5 Å². The van der Waals surface area contributed by atoms with Crippen LogP contribution in [0.2, 0.25) is 0 Å². The second kappa shape index (κ2) is 6.28. The van der Waals surface area contributed by atoms with Crippen molar-refractivity contribution in [3.8, 4) is 5.75 Å². The number of benzene rings is 1. The molecular formula is C18H22N4O4. The number of hydrogen-bond donors (Lipinski definition) is 2. The fraction of sp³-hybridized carbons (Fsp3) is 0.500. The highest BCUT2D eigenvalue weighted by molar-refractivity contribution is 6.00. The number of hydrogen-bond acceptors (Lipinski definition) is 5. The van der Waals surface area contributed by atoms with Gasteiger partial charge in [-0.1, -0.05) is 0 Å². The molecule has 3 amide bonds. The van der Waals surface area contributed by atoms with Gasteiger partial charge < -0.3 is 25.6 Å². The second-order valence-corrected chi connectivity index (χ2v) is 7.08. The Hall–Kier alpha value is -2.61. The summed E-state index contributed by atoms with van der Waals surface area (Å²) in [6.07, 6.45) is 1.08. The lowest BCUT2D eigenvalue weighted by Crippen LogP contribution is -2.64. The quantitative estimate of drug-likeness (QED) is 0.746. The van der Waals surface area contributed by atoms with Crippen molar-refractivity contribution in [3.63, 3.8) is 0 Å². The third kappa shape index (κ3) is 2.61. The smallest absolute Gasteiger partial charge is 0.251 e. The number of carbonyl (C=O) groups is 3. The van der Waals surface area contributed by atoms with E-state index >= 15 is 0 Å². The lowest BCUT2D eigenvalue weighted by atomic mass is 10.0. The van der Waals surface area contributed by atoms with Gasteiger partial charge in [0.1, 0.15) is 17.8 Å². The average Bonchev–Trinajstić information content (AvgIpc) is 3.24. The maximum Gasteiger partial charge on any atom is 0.251 e. The molecule has 3 aliphatic heterocycles. The predicted octanol–water partition coefficient (Wildman–Crippen LogP) is -0.664. The summed E-state index contributed by atoms with van der Waals surface area (Å²) in [4.78, 5) is 41.3. The first kappa shape index (κ1) is 16.8. The first-order valence-electron chi connectivity index (χ1n) is 8.81. The highest BCUT2D eigenvalue weighted by Gasteiger charge is 2.54. The maximum atomic E-state index is 12.9. The Morgan fingerprint density at radius 2 is 1.92 bits per heavy atom. The first-order chi connectivity index (χ1) is 12.5. The number of ether oxygens (including phenoxy) is 1. The molecule has 3 fully saturated rings. The third-order valence-electron chi connectivity index (χ3n) is 5.50. The van der Waals surface area contributed by atoms with Gasteiger partial charge in [0.25, 0.3) is 5.91 Å². The van der Waals surface area contributed by atoms with Crippen LogP contribution in [0.5, 0.6) is 5.75 Å². The van der Waals surface area contributed by atoms with Gasteiger partial charge in [-0.2, -0.15) is 0 Å². The molecule has 3 heterocycles. The number of methoxy groups -OCH3 is 1. The Bertz CT molecular complexity index is 750. The molecule has 8 nitrogen and oxygen atoms in total. The lowest BCUT2D eigenvalue weighted by molar-refractivity contribution is -0.157. The van der Waals surface area contributed by atoms with Crippen LogP contribution in [-0.4, -0.2) is 71.9 Å². The SMILES string of the molecule is COc1ccc(C(=O)N[C@@H]2CCN3C(=O)[C@@H]4C[C@H](N)CN4C(=O)[C@H]23)cc1. The second-order valence-electron chi connectivity index (χ2n) is 7.08. The van der Waals surface area contributed by atoms with E-state index in [1.807, 2.05) is 0 Å². The molecular weight excluding hydrogens is 336 g/mol. The average molecular weight is 358 g/mol. The van der Waals surface area contributed by atoms with Crippen LogP contribution < -0.4 is 15.8 Å². The molecule has 1 aromatic carbocycles. The van der Waals surface area contributed by atoms with Crippen molar-refractivity contribution in [2.45, 2.75) is 37.0 Å². The standard InChI is InChI=1S/C18H22N4O4/c1-26-12-4-2-10(3-5-12)16(23)20-13-6-7-21-15(13)18(25)22-9-11(19)8-14(22)17(21)24/h2-5,11,13-15H,6-9,19H2,1H3,(H,20,23)/t11-,13+,14-,15-/m0/s1. The van der Waals surface area contributed by atoms with Gasteiger partial charge in [0, 0.05) is 24.7 Å². The molecule has 4 atom stereocenters. The molecule has 0 saturated carbocycles. The Labute approximate surface area is 151 Å². The Kier molecular flexibility index (Phi) is 4.07. The summed E-state index contributed by atoms with van der Waals surface area (Å²) in [5.41, 5.74) is 6.43. The minimum atomic E-state index is -0.633. The van der Waals surface area contributed by atoms with Crippen LogP contribution in [0.15, 0.2) is 24.3 Å². The van der Waals surface area contributed by atoms with Crippen LogP contribution in [0.1, 0.15) is 23.2 Å². The van der Waals surface area contributed by atoms with Crippen molar-refractivity contribution in [2.75, 3.05) is 20.2 Å². The van der Waals surface area contributed by atoms with E-state index in [0.717, 1.165) is 0 Å². The summed E-state index contributed by atoms with van der Waals surface area (Å²) in [5, 5.41) is 2.92. The Balaban J connectivity index is 1.50. The summed E-state index contributed by atoms with van der Waals surface area (Å²) in [6.45, 7) is 0.876. The summed E-state index contributed by atoms with van der Waals surface area (Å²) in [7, 11) is 1.56. The van der Waals surface area contributed by atoms with E-state index in [-0.39, 0.29) is 29.8 Å². The number of nitrogens with two attached hydrogens (primary N) is 1. The molecule has 8 heteroatoms. The summed E-state index contributed by atoms with van der Waals surface area (Å²) >= 11 is 0. The van der Waals surface area contributed by atoms with Crippen molar-refractivity contribution in [1.29, 1.82) is 0 Å². The van der Waals surface area contributed by atoms with Crippen LogP contribution in [-0.2, 0) is 9.59 Å². The van der Waals surface area contributed by atoms with Crippen LogP contribution in [0.3, 0.4) is 0 Å². The molecule has 1 aromatic rings. The van der Waals surface area contributed by atoms with Crippen molar-refractivity contribution in [1.82, 2.24) is 15.1 Å². The zero-order chi connectivity index (χ0) is 18.4. The van der Waals surface area contributed by atoms with E-state index in [1.54, 1.807) is 41.2 Å². The van der Waals surface area contributed by atoms with Crippen molar-refractivity contribution in [2.24, 2.45) is 5.73 Å². The van der Waals surface area contributed by atoms with Gasteiger partial charge in [-0.05, 0) is 37.1 Å². The van der Waals surface area contributed by atoms with E-state index in [0.29, 0.717) is 37.2 Å². The molecule has 4 rings (SSSR count). The molecule has 26 heavy (non-hydrogen) atoms. The van der Waals surface area contributed by atoms with Crippen LogP contribution >= 0.6 is 0 Å². The van der Waals surface area contributed by atoms with E-state index < -0.39 is 12.1 Å². The molecule has 3 saturated heterocycles. The number of rotatable bonds is 3. The number of carbonyl (C=O) groups excluding carboxylic acids is 3. The number of amides is 3. The van der Waals surface area contributed by atoms with Crippen LogP contribution in [0.4, 0.5) is 0 Å². The first-order valence-corrected chi connectivity index (χ1v) is 8.81. The fourth-order valence-electron chi connectivity index (χ4n) is 4.20. The molecule has 3 N–H and O–H groups in total. The van der Waals surface area contributed by atoms with Crippen LogP contribution in [0.25, 0.3) is 0 Å². The number of piperazine rings is 1. The monoisotopic (exact) mass is 358 g/mol. The molecule has 0 unspecified atom stereocenters. The van der Waals surface area contributed by atoms with Crippen molar-refractivity contribution >= 4 is 17.7 Å². The van der Waals surface area contributed by atoms with E-state index in [9.17, 15) is 14.4 Å². The lowest BCUT2D eigenvalue weighted by Gasteiger charge is -2.40. The maximum absolute atomic E-state index is 12.9. The van der Waals surface area contributed by atoms with Crippen molar-refractivity contribution in [3.05, 3.63) is 29.8 Å². The molecule has 3 aliphatic rings. The minimum Gasteiger partial charge on any atom is -0.497 e. The summed E-state index contributed by atoms with van der Waals surface area (Å²) < 4.78 is 5.09. The number of nitrogens with one attached hydrogen (secondary N) is 1. The van der Waals surface area contributed by atoms with Gasteiger partial charge in [0.15, 0.2) is 0 Å². The van der Waals surface area contributed by atoms with Gasteiger partial charge in [0.05, 0.1) is 13.2 Å². The molecule has 138 valence electrons. The molecule has 0 spiro atoms. The Morgan fingerprint density at radius 3 is 2.62 bits per heavy atom. The van der Waals surface area contributed by atoms with Gasteiger partial charge in [-0.25, -0.2) is 0 Å². The molecule has 0 radical (unpaired) electrons. The summed E-state index contributed by atoms with van der Waals surface area (Å²) in [6, 6.07) is 5.13. The largest absolute Gasteiger partial charge is 0.497 e. The third-order valence-corrected chi connectivity index (χ3v) is 5.50. The highest BCUT2D eigenvalue weighted by Crippen LogP contribution is 2.32. The number of nitrogens with zero attached hydrogens (tertiary/aromatic N) is 2. The molecule has 0 bridgehead atoms. The topological polar surface area (TPSA) is 105 Å². The van der Waals surface area contributed by atoms with E-state index in [2.05, 4.69) is 5.32 Å². The molecule has 0 aromatic heterocycles. The highest BCUT2D eigenvalue weighted by atomic mass is 16.5. The van der Waals surface area contributed by atoms with Gasteiger partial charge >= 0.3 is 0 Å². The van der Waals surface area contributed by atoms with E-state index in [1.165, 1.54) is 0 Å². The zero-order valence-electron chi connectivity index (χ0n) is 14.6. The van der Waals surface area contributed by atoms with Crippen molar-refractivity contribution < 1.29 is 19.1 Å². The fourth-order valence-corrected chi connectivity index (χ4v) is 4.20. The summed E-state index contributed by atoms with van der Waals surface area (Å²) in [5.74, 6) is 0.238. The minimum absolute atomic E-state index is 0.0521. The zero-order valence-corrected chi connectivity index (χ0v) is 14.6. The van der Waals surface area contributed by atoms with Gasteiger partial charge in [-0.3, -0.25) is 14.4 Å².